The molecule has 5 heteroatoms. The molecule has 0 radical (unpaired) electrons. The van der Waals surface area contributed by atoms with Gasteiger partial charge < -0.3 is 4.98 Å². The van der Waals surface area contributed by atoms with Crippen molar-refractivity contribution in [3.05, 3.63) is 33.2 Å². The van der Waals surface area contributed by atoms with Crippen molar-refractivity contribution in [3.8, 4) is 0 Å². The number of nitrogens with one attached hydrogen (secondary N) is 1. The van der Waals surface area contributed by atoms with E-state index in [-0.39, 0.29) is 5.69 Å². The van der Waals surface area contributed by atoms with E-state index in [0.29, 0.717) is 5.37 Å². The predicted molar refractivity (Wildman–Crippen MR) is 71.0 cm³/mol. The summed E-state index contributed by atoms with van der Waals surface area (Å²) in [6.07, 6.45) is 2.29. The number of hydrogen-bond donors (Lipinski definition) is 1. The zero-order valence-corrected chi connectivity index (χ0v) is 11.0. The van der Waals surface area contributed by atoms with Gasteiger partial charge in [0.2, 0.25) is 0 Å². The lowest BCUT2D eigenvalue weighted by molar-refractivity contribution is 0.641. The Bertz CT molecular complexity index is 583. The van der Waals surface area contributed by atoms with Gasteiger partial charge in [-0.05, 0) is 36.8 Å². The number of fused-ring (bicyclic) bond motifs is 1. The van der Waals surface area contributed by atoms with Gasteiger partial charge in [-0.1, -0.05) is 15.9 Å². The molecule has 1 saturated heterocycles. The van der Waals surface area contributed by atoms with Crippen LogP contribution in [0.5, 0.6) is 0 Å². The first kappa shape index (κ1) is 10.5. The Labute approximate surface area is 105 Å². The van der Waals surface area contributed by atoms with Gasteiger partial charge in [0.1, 0.15) is 0 Å². The lowest BCUT2D eigenvalue weighted by Crippen LogP contribution is -2.18. The lowest BCUT2D eigenvalue weighted by atomic mass is 10.3. The molecule has 0 bridgehead atoms. The van der Waals surface area contributed by atoms with Crippen molar-refractivity contribution >= 4 is 38.7 Å². The summed E-state index contributed by atoms with van der Waals surface area (Å²) in [5.41, 5.74) is 1.92. The number of aromatic nitrogens is 2. The SMILES string of the molecule is O=c1[nH]c2cc(Br)ccc2n1C1CCCS1. The van der Waals surface area contributed by atoms with Gasteiger partial charge in [0.05, 0.1) is 16.4 Å². The maximum Gasteiger partial charge on any atom is 0.327 e. The van der Waals surface area contributed by atoms with E-state index in [9.17, 15) is 4.79 Å². The Kier molecular flexibility index (Phi) is 2.59. The number of imidazole rings is 1. The molecular weight excluding hydrogens is 288 g/mol. The molecule has 1 unspecified atom stereocenters. The van der Waals surface area contributed by atoms with Crippen LogP contribution < -0.4 is 5.69 Å². The molecule has 0 amide bonds. The number of rotatable bonds is 1. The summed E-state index contributed by atoms with van der Waals surface area (Å²) in [6.45, 7) is 0. The van der Waals surface area contributed by atoms with Crippen LogP contribution in [-0.4, -0.2) is 15.3 Å². The molecule has 0 spiro atoms. The second kappa shape index (κ2) is 3.96. The molecule has 1 aromatic carbocycles. The highest BCUT2D eigenvalue weighted by Crippen LogP contribution is 2.36. The van der Waals surface area contributed by atoms with Crippen LogP contribution in [0, 0.1) is 0 Å². The molecule has 1 aliphatic heterocycles. The van der Waals surface area contributed by atoms with Gasteiger partial charge in [-0.15, -0.1) is 11.8 Å². The van der Waals surface area contributed by atoms with E-state index in [1.54, 1.807) is 0 Å². The molecule has 0 aliphatic carbocycles. The summed E-state index contributed by atoms with van der Waals surface area (Å²) in [6, 6.07) is 5.93. The molecule has 3 rings (SSSR count). The Morgan fingerprint density at radius 3 is 3.12 bits per heavy atom. The Balaban J connectivity index is 2.23. The third-order valence-electron chi connectivity index (χ3n) is 2.87. The van der Waals surface area contributed by atoms with Gasteiger partial charge in [0.25, 0.3) is 0 Å². The summed E-state index contributed by atoms with van der Waals surface area (Å²) >= 11 is 5.28. The van der Waals surface area contributed by atoms with Crippen molar-refractivity contribution in [2.75, 3.05) is 5.75 Å². The normalized spacial score (nSPS) is 20.7. The van der Waals surface area contributed by atoms with Gasteiger partial charge in [0.15, 0.2) is 0 Å². The molecule has 1 fully saturated rings. The maximum absolute atomic E-state index is 11.9. The number of thioether (sulfide) groups is 1. The van der Waals surface area contributed by atoms with E-state index in [1.807, 2.05) is 34.5 Å². The van der Waals surface area contributed by atoms with Crippen LogP contribution in [-0.2, 0) is 0 Å². The summed E-state index contributed by atoms with van der Waals surface area (Å²) < 4.78 is 2.88. The summed E-state index contributed by atoms with van der Waals surface area (Å²) in [7, 11) is 0. The van der Waals surface area contributed by atoms with E-state index in [4.69, 9.17) is 0 Å². The molecule has 1 atom stereocenters. The van der Waals surface area contributed by atoms with Crippen LogP contribution in [0.1, 0.15) is 18.2 Å². The molecule has 1 N–H and O–H groups in total. The number of nitrogens with zero attached hydrogens (tertiary/aromatic N) is 1. The van der Waals surface area contributed by atoms with Crippen LogP contribution in [0.2, 0.25) is 0 Å². The van der Waals surface area contributed by atoms with Crippen molar-refractivity contribution in [2.24, 2.45) is 0 Å². The molecule has 84 valence electrons. The minimum absolute atomic E-state index is 0.00694. The highest BCUT2D eigenvalue weighted by molar-refractivity contribution is 9.10. The summed E-state index contributed by atoms with van der Waals surface area (Å²) in [5, 5.41) is 0.308. The standard InChI is InChI=1S/C11H11BrN2OS/c12-7-3-4-9-8(6-7)13-11(15)14(9)10-2-1-5-16-10/h3-4,6,10H,1-2,5H2,(H,13,15). The van der Waals surface area contributed by atoms with Gasteiger partial charge in [-0.3, -0.25) is 4.57 Å². The predicted octanol–water partition coefficient (Wildman–Crippen LogP) is 3.12. The third kappa shape index (κ3) is 1.62. The van der Waals surface area contributed by atoms with E-state index in [0.717, 1.165) is 27.7 Å². The summed E-state index contributed by atoms with van der Waals surface area (Å²) in [5.74, 6) is 1.15. The quantitative estimate of drug-likeness (QED) is 0.878. The van der Waals surface area contributed by atoms with Gasteiger partial charge in [-0.25, -0.2) is 4.79 Å². The summed E-state index contributed by atoms with van der Waals surface area (Å²) in [4.78, 5) is 14.8. The van der Waals surface area contributed by atoms with E-state index >= 15 is 0 Å². The lowest BCUT2D eigenvalue weighted by Gasteiger charge is -2.10. The monoisotopic (exact) mass is 298 g/mol. The van der Waals surface area contributed by atoms with E-state index in [2.05, 4.69) is 20.9 Å². The van der Waals surface area contributed by atoms with Crippen LogP contribution in [0.3, 0.4) is 0 Å². The topological polar surface area (TPSA) is 37.8 Å². The fraction of sp³-hybridized carbons (Fsp3) is 0.364. The number of hydrogen-bond acceptors (Lipinski definition) is 2. The number of aromatic amines is 1. The molecule has 16 heavy (non-hydrogen) atoms. The maximum atomic E-state index is 11.9. The Hall–Kier alpha value is -0.680. The van der Waals surface area contributed by atoms with E-state index in [1.165, 1.54) is 6.42 Å². The number of benzene rings is 1. The van der Waals surface area contributed by atoms with Crippen molar-refractivity contribution in [1.29, 1.82) is 0 Å². The Morgan fingerprint density at radius 2 is 2.38 bits per heavy atom. The minimum Gasteiger partial charge on any atom is -0.305 e. The highest BCUT2D eigenvalue weighted by Gasteiger charge is 2.21. The zero-order chi connectivity index (χ0) is 11.1. The number of halogens is 1. The minimum atomic E-state index is 0.00694. The van der Waals surface area contributed by atoms with Gasteiger partial charge >= 0.3 is 5.69 Å². The molecule has 2 aromatic rings. The number of H-pyrrole nitrogens is 1. The van der Waals surface area contributed by atoms with Crippen LogP contribution in [0.25, 0.3) is 11.0 Å². The molecule has 3 nitrogen and oxygen atoms in total. The van der Waals surface area contributed by atoms with Crippen LogP contribution >= 0.6 is 27.7 Å². The smallest absolute Gasteiger partial charge is 0.305 e. The van der Waals surface area contributed by atoms with Crippen molar-refractivity contribution in [2.45, 2.75) is 18.2 Å². The Morgan fingerprint density at radius 1 is 1.50 bits per heavy atom. The van der Waals surface area contributed by atoms with Crippen molar-refractivity contribution in [3.63, 3.8) is 0 Å². The molecule has 1 aromatic heterocycles. The average Bonchev–Trinajstić information content (AvgIpc) is 2.83. The second-order valence-electron chi connectivity index (χ2n) is 3.93. The van der Waals surface area contributed by atoms with Crippen LogP contribution in [0.4, 0.5) is 0 Å². The average molecular weight is 299 g/mol. The molecule has 2 heterocycles. The first-order chi connectivity index (χ1) is 7.75. The second-order valence-corrected chi connectivity index (χ2v) is 6.13. The zero-order valence-electron chi connectivity index (χ0n) is 8.57. The highest BCUT2D eigenvalue weighted by atomic mass is 79.9. The largest absolute Gasteiger partial charge is 0.327 e. The molecule has 1 aliphatic rings. The fourth-order valence-corrected chi connectivity index (χ4v) is 3.81. The van der Waals surface area contributed by atoms with Gasteiger partial charge in [0, 0.05) is 4.47 Å². The third-order valence-corrected chi connectivity index (χ3v) is 4.72. The molecule has 0 saturated carbocycles. The van der Waals surface area contributed by atoms with Crippen LogP contribution in [0.15, 0.2) is 27.5 Å². The first-order valence-electron chi connectivity index (χ1n) is 5.27. The van der Waals surface area contributed by atoms with Crippen molar-refractivity contribution < 1.29 is 0 Å². The first-order valence-corrected chi connectivity index (χ1v) is 7.11. The van der Waals surface area contributed by atoms with Crippen molar-refractivity contribution in [1.82, 2.24) is 9.55 Å². The van der Waals surface area contributed by atoms with Gasteiger partial charge in [-0.2, -0.15) is 0 Å². The fourth-order valence-electron chi connectivity index (χ4n) is 2.15. The van der Waals surface area contributed by atoms with E-state index < -0.39 is 0 Å². The molecular formula is C11H11BrN2OS.